The standard InChI is InChI=1S/C22H31I3N4O5/c1-12-3-5-28(6-4-12)21(33)14(11-26)27-20(32)15-17(23)13(2)18(24)16(19(15)25)22(34)29(7-9-30)8-10-31/h12,14,30-31H,3-11,26H2,1-2H3,(H,27,32). The van der Waals surface area contributed by atoms with Crippen molar-refractivity contribution in [2.24, 2.45) is 11.7 Å². The number of amides is 3. The number of piperidine rings is 1. The Balaban J connectivity index is 2.39. The molecule has 1 aromatic rings. The molecule has 3 amide bonds. The smallest absolute Gasteiger partial charge is 0.256 e. The van der Waals surface area contributed by atoms with Crippen LogP contribution in [0, 0.1) is 23.6 Å². The largest absolute Gasteiger partial charge is 0.395 e. The zero-order chi connectivity index (χ0) is 25.6. The van der Waals surface area contributed by atoms with E-state index in [2.05, 4.69) is 57.4 Å². The molecular formula is C22H31I3N4O5. The molecule has 1 fully saturated rings. The molecular weight excluding hydrogens is 781 g/mol. The third-order valence-corrected chi connectivity index (χ3v) is 9.71. The molecule has 9 nitrogen and oxygen atoms in total. The van der Waals surface area contributed by atoms with E-state index in [1.165, 1.54) is 4.90 Å². The Morgan fingerprint density at radius 2 is 1.59 bits per heavy atom. The Morgan fingerprint density at radius 3 is 2.09 bits per heavy atom. The van der Waals surface area contributed by atoms with E-state index in [1.807, 2.05) is 29.5 Å². The van der Waals surface area contributed by atoms with Crippen molar-refractivity contribution < 1.29 is 24.6 Å². The summed E-state index contributed by atoms with van der Waals surface area (Å²) in [6, 6.07) is -0.855. The molecule has 1 heterocycles. The van der Waals surface area contributed by atoms with Crippen LogP contribution in [0.25, 0.3) is 0 Å². The van der Waals surface area contributed by atoms with Crippen molar-refractivity contribution >= 4 is 85.5 Å². The number of rotatable bonds is 9. The fraction of sp³-hybridized carbons (Fsp3) is 0.591. The quantitative estimate of drug-likeness (QED) is 0.280. The third-order valence-electron chi connectivity index (χ3n) is 5.94. The highest BCUT2D eigenvalue weighted by Crippen LogP contribution is 2.32. The van der Waals surface area contributed by atoms with Gasteiger partial charge in [-0.3, -0.25) is 14.4 Å². The number of aliphatic hydroxyl groups excluding tert-OH is 2. The Kier molecular flexibility index (Phi) is 12.2. The molecule has 0 aromatic heterocycles. The number of likely N-dealkylation sites (tertiary alicyclic amines) is 1. The summed E-state index contributed by atoms with van der Waals surface area (Å²) in [5.74, 6) is -0.463. The van der Waals surface area contributed by atoms with Crippen molar-refractivity contribution in [2.45, 2.75) is 32.7 Å². The number of carbonyl (C=O) groups excluding carboxylic acids is 3. The number of aliphatic hydroxyl groups is 2. The molecule has 1 aromatic carbocycles. The maximum absolute atomic E-state index is 13.4. The van der Waals surface area contributed by atoms with E-state index in [-0.39, 0.29) is 44.7 Å². The molecule has 12 heteroatoms. The number of hydrogen-bond donors (Lipinski definition) is 4. The van der Waals surface area contributed by atoms with Gasteiger partial charge in [-0.2, -0.15) is 0 Å². The van der Waals surface area contributed by atoms with Crippen LogP contribution in [0.1, 0.15) is 46.0 Å². The number of benzene rings is 1. The Bertz CT molecular complexity index is 917. The fourth-order valence-electron chi connectivity index (χ4n) is 3.79. The number of halogens is 3. The van der Waals surface area contributed by atoms with Crippen LogP contribution in [0.2, 0.25) is 0 Å². The SMILES string of the molecule is Cc1c(I)c(C(=O)NC(CN)C(=O)N2CCC(C)CC2)c(I)c(C(=O)N(CCO)CCO)c1I. The van der Waals surface area contributed by atoms with E-state index in [1.54, 1.807) is 4.90 Å². The normalized spacial score (nSPS) is 15.2. The zero-order valence-electron chi connectivity index (χ0n) is 19.2. The minimum Gasteiger partial charge on any atom is -0.395 e. The average Bonchev–Trinajstić information content (AvgIpc) is 2.81. The van der Waals surface area contributed by atoms with Crippen molar-refractivity contribution in [2.75, 3.05) is 45.9 Å². The van der Waals surface area contributed by atoms with Crippen LogP contribution in [0.3, 0.4) is 0 Å². The van der Waals surface area contributed by atoms with Crippen molar-refractivity contribution in [1.82, 2.24) is 15.1 Å². The number of nitrogens with one attached hydrogen (secondary N) is 1. The van der Waals surface area contributed by atoms with Gasteiger partial charge in [-0.1, -0.05) is 6.92 Å². The number of nitrogens with zero attached hydrogens (tertiary/aromatic N) is 2. The minimum atomic E-state index is -0.855. The van der Waals surface area contributed by atoms with Crippen molar-refractivity contribution in [3.05, 3.63) is 27.4 Å². The van der Waals surface area contributed by atoms with E-state index in [4.69, 9.17) is 5.73 Å². The van der Waals surface area contributed by atoms with Crippen LogP contribution in [0.5, 0.6) is 0 Å². The van der Waals surface area contributed by atoms with E-state index in [9.17, 15) is 24.6 Å². The molecule has 1 aliphatic rings. The Labute approximate surface area is 241 Å². The second-order valence-electron chi connectivity index (χ2n) is 8.33. The van der Waals surface area contributed by atoms with Gasteiger partial charge >= 0.3 is 0 Å². The lowest BCUT2D eigenvalue weighted by Gasteiger charge is -2.33. The lowest BCUT2D eigenvalue weighted by Crippen LogP contribution is -2.54. The predicted molar refractivity (Wildman–Crippen MR) is 155 cm³/mol. The van der Waals surface area contributed by atoms with Gasteiger partial charge in [0.1, 0.15) is 6.04 Å². The summed E-state index contributed by atoms with van der Waals surface area (Å²) in [7, 11) is 0. The molecule has 0 aliphatic carbocycles. The van der Waals surface area contributed by atoms with Crippen molar-refractivity contribution in [3.63, 3.8) is 0 Å². The monoisotopic (exact) mass is 812 g/mol. The van der Waals surface area contributed by atoms with Crippen molar-refractivity contribution in [3.8, 4) is 0 Å². The van der Waals surface area contributed by atoms with Gasteiger partial charge in [-0.05, 0) is 99.0 Å². The lowest BCUT2D eigenvalue weighted by atomic mass is 9.98. The predicted octanol–water partition coefficient (Wildman–Crippen LogP) is 1.55. The van der Waals surface area contributed by atoms with Gasteiger partial charge in [-0.15, -0.1) is 0 Å². The Morgan fingerprint density at radius 1 is 1.06 bits per heavy atom. The molecule has 190 valence electrons. The summed E-state index contributed by atoms with van der Waals surface area (Å²) in [5.41, 5.74) is 7.29. The molecule has 0 radical (unpaired) electrons. The molecule has 5 N–H and O–H groups in total. The first kappa shape index (κ1) is 29.9. The van der Waals surface area contributed by atoms with Crippen LogP contribution in [0.15, 0.2) is 0 Å². The van der Waals surface area contributed by atoms with Crippen LogP contribution >= 0.6 is 67.8 Å². The maximum atomic E-state index is 13.4. The molecule has 0 spiro atoms. The highest BCUT2D eigenvalue weighted by molar-refractivity contribution is 14.1. The zero-order valence-corrected chi connectivity index (χ0v) is 25.7. The fourth-order valence-corrected chi connectivity index (χ4v) is 7.91. The van der Waals surface area contributed by atoms with Gasteiger partial charge in [-0.25, -0.2) is 0 Å². The van der Waals surface area contributed by atoms with Gasteiger partial charge in [0.2, 0.25) is 5.91 Å². The molecule has 0 bridgehead atoms. The molecule has 1 aliphatic heterocycles. The molecule has 1 atom stereocenters. The number of hydrogen-bond acceptors (Lipinski definition) is 6. The van der Waals surface area contributed by atoms with E-state index >= 15 is 0 Å². The maximum Gasteiger partial charge on any atom is 0.256 e. The second-order valence-corrected chi connectivity index (χ2v) is 11.6. The molecule has 0 saturated carbocycles. The molecule has 1 unspecified atom stereocenters. The average molecular weight is 812 g/mol. The van der Waals surface area contributed by atoms with E-state index in [0.29, 0.717) is 40.8 Å². The van der Waals surface area contributed by atoms with Gasteiger partial charge in [0, 0.05) is 43.4 Å². The first-order valence-corrected chi connectivity index (χ1v) is 14.3. The van der Waals surface area contributed by atoms with Gasteiger partial charge in [0.15, 0.2) is 0 Å². The molecule has 34 heavy (non-hydrogen) atoms. The first-order chi connectivity index (χ1) is 16.1. The van der Waals surface area contributed by atoms with Gasteiger partial charge in [0.25, 0.3) is 11.8 Å². The van der Waals surface area contributed by atoms with Crippen molar-refractivity contribution in [1.29, 1.82) is 0 Å². The highest BCUT2D eigenvalue weighted by Gasteiger charge is 2.32. The van der Waals surface area contributed by atoms with Crippen LogP contribution in [-0.4, -0.2) is 89.7 Å². The second kappa shape index (κ2) is 13.9. The molecule has 2 rings (SSSR count). The highest BCUT2D eigenvalue weighted by atomic mass is 127. The summed E-state index contributed by atoms with van der Waals surface area (Å²) in [6.45, 7) is 4.90. The Hall–Kier alpha value is -0.300. The first-order valence-electron chi connectivity index (χ1n) is 11.1. The number of nitrogens with two attached hydrogens (primary N) is 1. The summed E-state index contributed by atoms with van der Waals surface area (Å²) in [5, 5.41) is 21.5. The minimum absolute atomic E-state index is 0.0281. The van der Waals surface area contributed by atoms with Crippen LogP contribution < -0.4 is 11.1 Å². The van der Waals surface area contributed by atoms with E-state index < -0.39 is 11.9 Å². The summed E-state index contributed by atoms with van der Waals surface area (Å²) in [6.07, 6.45) is 1.85. The summed E-state index contributed by atoms with van der Waals surface area (Å²) >= 11 is 6.14. The van der Waals surface area contributed by atoms with Crippen LogP contribution in [-0.2, 0) is 4.79 Å². The summed E-state index contributed by atoms with van der Waals surface area (Å²) < 4.78 is 1.84. The lowest BCUT2D eigenvalue weighted by molar-refractivity contribution is -0.134. The van der Waals surface area contributed by atoms with Gasteiger partial charge < -0.3 is 31.1 Å². The van der Waals surface area contributed by atoms with Crippen LogP contribution in [0.4, 0.5) is 0 Å². The third kappa shape index (κ3) is 6.92. The number of carbonyl (C=O) groups is 3. The summed E-state index contributed by atoms with van der Waals surface area (Å²) in [4.78, 5) is 42.8. The van der Waals surface area contributed by atoms with E-state index in [0.717, 1.165) is 18.4 Å². The van der Waals surface area contributed by atoms with Gasteiger partial charge in [0.05, 0.1) is 24.3 Å². The topological polar surface area (TPSA) is 136 Å². The molecule has 1 saturated heterocycles.